The van der Waals surface area contributed by atoms with E-state index in [1.807, 2.05) is 54.9 Å². The summed E-state index contributed by atoms with van der Waals surface area (Å²) in [6.45, 7) is 0.659. The van der Waals surface area contributed by atoms with Gasteiger partial charge in [0.2, 0.25) is 5.91 Å². The lowest BCUT2D eigenvalue weighted by Crippen LogP contribution is -2.30. The predicted octanol–water partition coefficient (Wildman–Crippen LogP) is 4.35. The molecule has 1 amide bonds. The molecule has 0 radical (unpaired) electrons. The Morgan fingerprint density at radius 1 is 1.30 bits per heavy atom. The SMILES string of the molecule is COc1ccccc1CCN(C)C(=O)CSCc1cc(-c2cccs2)on1. The smallest absolute Gasteiger partial charge is 0.232 e. The number of para-hydroxylation sites is 1. The highest BCUT2D eigenvalue weighted by Crippen LogP contribution is 2.26. The van der Waals surface area contributed by atoms with Crippen molar-refractivity contribution in [2.24, 2.45) is 0 Å². The summed E-state index contributed by atoms with van der Waals surface area (Å²) in [6, 6.07) is 13.8. The number of rotatable bonds is 9. The molecule has 2 heterocycles. The number of ether oxygens (including phenoxy) is 1. The summed E-state index contributed by atoms with van der Waals surface area (Å²) in [4.78, 5) is 15.2. The van der Waals surface area contributed by atoms with Crippen molar-refractivity contribution in [1.82, 2.24) is 10.1 Å². The summed E-state index contributed by atoms with van der Waals surface area (Å²) in [6.07, 6.45) is 0.768. The van der Waals surface area contributed by atoms with Crippen molar-refractivity contribution in [2.75, 3.05) is 26.5 Å². The van der Waals surface area contributed by atoms with Gasteiger partial charge in [-0.25, -0.2) is 0 Å². The van der Waals surface area contributed by atoms with Crippen molar-refractivity contribution in [3.05, 3.63) is 59.1 Å². The molecule has 0 aliphatic heterocycles. The van der Waals surface area contributed by atoms with Crippen LogP contribution in [-0.2, 0) is 17.0 Å². The van der Waals surface area contributed by atoms with Gasteiger partial charge in [0, 0.05) is 25.4 Å². The van der Waals surface area contributed by atoms with Crippen LogP contribution in [0.25, 0.3) is 10.6 Å². The normalized spacial score (nSPS) is 10.7. The zero-order valence-corrected chi connectivity index (χ0v) is 17.0. The third kappa shape index (κ3) is 5.37. The first-order valence-electron chi connectivity index (χ1n) is 8.60. The summed E-state index contributed by atoms with van der Waals surface area (Å²) in [7, 11) is 3.50. The molecule has 0 unspecified atom stereocenters. The van der Waals surface area contributed by atoms with Gasteiger partial charge in [-0.15, -0.1) is 23.1 Å². The first kappa shape index (κ1) is 19.5. The van der Waals surface area contributed by atoms with Crippen molar-refractivity contribution < 1.29 is 14.1 Å². The van der Waals surface area contributed by atoms with Gasteiger partial charge >= 0.3 is 0 Å². The predicted molar refractivity (Wildman–Crippen MR) is 110 cm³/mol. The fourth-order valence-electron chi connectivity index (χ4n) is 2.59. The van der Waals surface area contributed by atoms with Crippen molar-refractivity contribution in [3.63, 3.8) is 0 Å². The number of hydrogen-bond donors (Lipinski definition) is 0. The Hall–Kier alpha value is -2.25. The second kappa shape index (κ2) is 9.62. The molecular weight excluding hydrogens is 380 g/mol. The minimum atomic E-state index is 0.108. The number of methoxy groups -OCH3 is 1. The number of thiophene rings is 1. The zero-order chi connectivity index (χ0) is 19.1. The van der Waals surface area contributed by atoms with Crippen LogP contribution >= 0.6 is 23.1 Å². The Morgan fingerprint density at radius 2 is 2.15 bits per heavy atom. The van der Waals surface area contributed by atoms with Crippen LogP contribution in [0.2, 0.25) is 0 Å². The Morgan fingerprint density at radius 3 is 2.93 bits per heavy atom. The third-order valence-corrected chi connectivity index (χ3v) is 5.97. The number of aromatic nitrogens is 1. The average molecular weight is 403 g/mol. The second-order valence-corrected chi connectivity index (χ2v) is 7.96. The molecule has 0 aliphatic carbocycles. The Balaban J connectivity index is 1.42. The summed E-state index contributed by atoms with van der Waals surface area (Å²) >= 11 is 3.17. The molecule has 3 aromatic rings. The average Bonchev–Trinajstić information content (AvgIpc) is 3.37. The monoisotopic (exact) mass is 402 g/mol. The second-order valence-electron chi connectivity index (χ2n) is 6.03. The van der Waals surface area contributed by atoms with E-state index in [0.717, 1.165) is 34.1 Å². The van der Waals surface area contributed by atoms with E-state index in [9.17, 15) is 4.79 Å². The molecule has 0 spiro atoms. The number of carbonyl (C=O) groups excluding carboxylic acids is 1. The molecule has 0 bridgehead atoms. The number of benzene rings is 1. The van der Waals surface area contributed by atoms with E-state index in [1.165, 1.54) is 0 Å². The lowest BCUT2D eigenvalue weighted by molar-refractivity contribution is -0.127. The molecule has 2 aromatic heterocycles. The minimum absolute atomic E-state index is 0.108. The number of thioether (sulfide) groups is 1. The quantitative estimate of drug-likeness (QED) is 0.533. The van der Waals surface area contributed by atoms with E-state index in [0.29, 0.717) is 18.1 Å². The Kier molecular flexibility index (Phi) is 6.95. The van der Waals surface area contributed by atoms with Gasteiger partial charge in [-0.05, 0) is 29.5 Å². The van der Waals surface area contributed by atoms with E-state index < -0.39 is 0 Å². The van der Waals surface area contributed by atoms with Crippen molar-refractivity contribution in [3.8, 4) is 16.4 Å². The molecule has 7 heteroatoms. The number of nitrogens with zero attached hydrogens (tertiary/aromatic N) is 2. The maximum atomic E-state index is 12.3. The number of likely N-dealkylation sites (N-methyl/N-ethyl adjacent to an activating group) is 1. The van der Waals surface area contributed by atoms with E-state index in [1.54, 1.807) is 35.1 Å². The highest BCUT2D eigenvalue weighted by atomic mass is 32.2. The molecule has 27 heavy (non-hydrogen) atoms. The number of amides is 1. The fraction of sp³-hybridized carbons (Fsp3) is 0.300. The third-order valence-electron chi connectivity index (χ3n) is 4.13. The highest BCUT2D eigenvalue weighted by molar-refractivity contribution is 7.99. The van der Waals surface area contributed by atoms with Gasteiger partial charge in [0.1, 0.15) is 5.75 Å². The van der Waals surface area contributed by atoms with E-state index in [2.05, 4.69) is 5.16 Å². The number of hydrogen-bond acceptors (Lipinski definition) is 6. The van der Waals surface area contributed by atoms with Crippen LogP contribution in [0, 0.1) is 0 Å². The highest BCUT2D eigenvalue weighted by Gasteiger charge is 2.12. The van der Waals surface area contributed by atoms with Crippen LogP contribution in [0.1, 0.15) is 11.3 Å². The molecule has 0 N–H and O–H groups in total. The molecule has 3 rings (SSSR count). The van der Waals surface area contributed by atoms with E-state index in [-0.39, 0.29) is 5.91 Å². The van der Waals surface area contributed by atoms with Gasteiger partial charge < -0.3 is 14.2 Å². The lowest BCUT2D eigenvalue weighted by atomic mass is 10.1. The van der Waals surface area contributed by atoms with Crippen molar-refractivity contribution >= 4 is 29.0 Å². The van der Waals surface area contributed by atoms with E-state index >= 15 is 0 Å². The molecule has 0 saturated heterocycles. The summed E-state index contributed by atoms with van der Waals surface area (Å²) in [5, 5.41) is 6.09. The summed E-state index contributed by atoms with van der Waals surface area (Å²) < 4.78 is 10.7. The van der Waals surface area contributed by atoms with Gasteiger partial charge in [-0.2, -0.15) is 0 Å². The van der Waals surface area contributed by atoms with Gasteiger partial charge in [0.05, 0.1) is 23.4 Å². The van der Waals surface area contributed by atoms with Crippen LogP contribution in [-0.4, -0.2) is 42.4 Å². The molecule has 0 aliphatic rings. The molecule has 142 valence electrons. The zero-order valence-electron chi connectivity index (χ0n) is 15.4. The number of carbonyl (C=O) groups is 1. The maximum absolute atomic E-state index is 12.3. The molecule has 5 nitrogen and oxygen atoms in total. The first-order chi connectivity index (χ1) is 13.2. The Bertz CT molecular complexity index is 862. The topological polar surface area (TPSA) is 55.6 Å². The van der Waals surface area contributed by atoms with Gasteiger partial charge in [-0.3, -0.25) is 4.79 Å². The largest absolute Gasteiger partial charge is 0.496 e. The molecular formula is C20H22N2O3S2. The molecule has 0 fully saturated rings. The molecule has 0 atom stereocenters. The molecule has 0 saturated carbocycles. The fourth-order valence-corrected chi connectivity index (χ4v) is 4.11. The van der Waals surface area contributed by atoms with Crippen LogP contribution in [0.15, 0.2) is 52.4 Å². The van der Waals surface area contributed by atoms with Crippen LogP contribution in [0.3, 0.4) is 0 Å². The summed E-state index contributed by atoms with van der Waals surface area (Å²) in [5.41, 5.74) is 1.96. The van der Waals surface area contributed by atoms with Crippen molar-refractivity contribution in [2.45, 2.75) is 12.2 Å². The van der Waals surface area contributed by atoms with Crippen molar-refractivity contribution in [1.29, 1.82) is 0 Å². The van der Waals surface area contributed by atoms with Gasteiger partial charge in [0.15, 0.2) is 5.76 Å². The van der Waals surface area contributed by atoms with Crippen LogP contribution in [0.5, 0.6) is 5.75 Å². The van der Waals surface area contributed by atoms with Gasteiger partial charge in [0.25, 0.3) is 0 Å². The minimum Gasteiger partial charge on any atom is -0.496 e. The van der Waals surface area contributed by atoms with Gasteiger partial charge in [-0.1, -0.05) is 29.4 Å². The van der Waals surface area contributed by atoms with Crippen LogP contribution < -0.4 is 4.74 Å². The maximum Gasteiger partial charge on any atom is 0.232 e. The Labute approximate surface area is 167 Å². The first-order valence-corrected chi connectivity index (χ1v) is 10.6. The van der Waals surface area contributed by atoms with E-state index in [4.69, 9.17) is 9.26 Å². The molecule has 1 aromatic carbocycles. The lowest BCUT2D eigenvalue weighted by Gasteiger charge is -2.17. The standard InChI is InChI=1S/C20H22N2O3S2/c1-22(10-9-15-6-3-4-7-17(15)24-2)20(23)14-26-13-16-12-18(25-21-16)19-8-5-11-27-19/h3-8,11-12H,9-10,13-14H2,1-2H3. The summed E-state index contributed by atoms with van der Waals surface area (Å²) in [5.74, 6) is 2.82. The van der Waals surface area contributed by atoms with Crippen LogP contribution in [0.4, 0.5) is 0 Å².